The Hall–Kier alpha value is -3.19. The molecule has 1 N–H and O–H groups in total. The Morgan fingerprint density at radius 1 is 1.00 bits per heavy atom. The minimum Gasteiger partial charge on any atom is -0.353 e. The van der Waals surface area contributed by atoms with E-state index in [1.54, 1.807) is 0 Å². The van der Waals surface area contributed by atoms with Gasteiger partial charge in [-0.25, -0.2) is 4.98 Å². The fraction of sp³-hybridized carbons (Fsp3) is 0.333. The molecule has 5 rings (SSSR count). The monoisotopic (exact) mass is 448 g/mol. The van der Waals surface area contributed by atoms with Gasteiger partial charge in [-0.1, -0.05) is 41.9 Å². The number of halogens is 1. The van der Waals surface area contributed by atoms with E-state index in [1.165, 1.54) is 6.42 Å². The molecular weight excluding hydrogens is 424 g/mol. The van der Waals surface area contributed by atoms with Crippen LogP contribution in [0.3, 0.4) is 0 Å². The molecule has 4 aromatic rings. The number of aryl methyl sites for hydroxylation is 1. The van der Waals surface area contributed by atoms with Gasteiger partial charge in [0.05, 0.1) is 11.0 Å². The Bertz CT molecular complexity index is 1260. The highest BCUT2D eigenvalue weighted by Gasteiger charge is 2.21. The van der Waals surface area contributed by atoms with Crippen LogP contribution in [0, 0.1) is 0 Å². The third-order valence-electron chi connectivity index (χ3n) is 5.94. The average molecular weight is 449 g/mol. The number of aromatic nitrogens is 4. The molecular formula is C24H25ClN6O. The van der Waals surface area contributed by atoms with E-state index in [2.05, 4.69) is 24.8 Å². The lowest BCUT2D eigenvalue weighted by Crippen LogP contribution is -2.30. The normalized spacial score (nSPS) is 14.2. The average Bonchev–Trinajstić information content (AvgIpc) is 3.27. The Labute approximate surface area is 191 Å². The molecule has 0 radical (unpaired) electrons. The highest BCUT2D eigenvalue weighted by molar-refractivity contribution is 6.31. The standard InChI is InChI=1S/C24H25ClN6O/c25-18-9-3-2-8-17(18)16-26-22(32)13-12-21-28-29-24-23(30-14-6-1-7-15-30)27-19-10-4-5-11-20(19)31(21)24/h2-5,8-11H,1,6-7,12-16H2,(H,26,32). The Morgan fingerprint density at radius 2 is 1.78 bits per heavy atom. The van der Waals surface area contributed by atoms with Crippen molar-refractivity contribution in [2.45, 2.75) is 38.6 Å². The molecule has 8 heteroatoms. The summed E-state index contributed by atoms with van der Waals surface area (Å²) in [7, 11) is 0. The third-order valence-corrected chi connectivity index (χ3v) is 6.31. The maximum absolute atomic E-state index is 12.5. The van der Waals surface area contributed by atoms with Crippen LogP contribution in [0.4, 0.5) is 5.82 Å². The van der Waals surface area contributed by atoms with Crippen molar-refractivity contribution in [2.24, 2.45) is 0 Å². The van der Waals surface area contributed by atoms with Gasteiger partial charge in [-0.3, -0.25) is 9.20 Å². The van der Waals surface area contributed by atoms with Crippen LogP contribution in [0.15, 0.2) is 48.5 Å². The molecule has 32 heavy (non-hydrogen) atoms. The maximum atomic E-state index is 12.5. The van der Waals surface area contributed by atoms with Gasteiger partial charge in [-0.2, -0.15) is 0 Å². The van der Waals surface area contributed by atoms with E-state index in [9.17, 15) is 4.79 Å². The zero-order valence-electron chi connectivity index (χ0n) is 17.8. The fourth-order valence-electron chi connectivity index (χ4n) is 4.26. The Balaban J connectivity index is 1.39. The van der Waals surface area contributed by atoms with Crippen molar-refractivity contribution in [3.63, 3.8) is 0 Å². The number of amides is 1. The molecule has 1 amide bonds. The van der Waals surface area contributed by atoms with E-state index in [4.69, 9.17) is 16.6 Å². The SMILES string of the molecule is O=C(CCc1nnc2c(N3CCCCC3)nc3ccccc3n12)NCc1ccccc1Cl. The first-order valence-electron chi connectivity index (χ1n) is 11.1. The van der Waals surface area contributed by atoms with Crippen molar-refractivity contribution in [1.82, 2.24) is 24.9 Å². The first kappa shape index (κ1) is 20.7. The van der Waals surface area contributed by atoms with Crippen LogP contribution in [-0.4, -0.2) is 38.6 Å². The number of hydrogen-bond donors (Lipinski definition) is 1. The molecule has 2 aromatic carbocycles. The van der Waals surface area contributed by atoms with E-state index < -0.39 is 0 Å². The summed E-state index contributed by atoms with van der Waals surface area (Å²) in [5.41, 5.74) is 3.53. The van der Waals surface area contributed by atoms with Crippen LogP contribution in [0.2, 0.25) is 5.02 Å². The molecule has 1 aliphatic heterocycles. The summed E-state index contributed by atoms with van der Waals surface area (Å²) >= 11 is 6.18. The predicted octanol–water partition coefficient (Wildman–Crippen LogP) is 4.17. The molecule has 0 spiro atoms. The molecule has 0 saturated carbocycles. The Morgan fingerprint density at radius 3 is 2.62 bits per heavy atom. The van der Waals surface area contributed by atoms with Crippen LogP contribution in [0.25, 0.3) is 16.7 Å². The van der Waals surface area contributed by atoms with Crippen molar-refractivity contribution < 1.29 is 4.79 Å². The van der Waals surface area contributed by atoms with E-state index in [1.807, 2.05) is 48.5 Å². The number of benzene rings is 2. The van der Waals surface area contributed by atoms with Crippen LogP contribution in [-0.2, 0) is 17.8 Å². The first-order chi connectivity index (χ1) is 15.7. The molecule has 1 aliphatic rings. The Kier molecular flexibility index (Phi) is 5.90. The van der Waals surface area contributed by atoms with Crippen molar-refractivity contribution >= 4 is 40.0 Å². The number of para-hydroxylation sites is 2. The fourth-order valence-corrected chi connectivity index (χ4v) is 4.46. The van der Waals surface area contributed by atoms with Gasteiger partial charge in [-0.15, -0.1) is 10.2 Å². The van der Waals surface area contributed by atoms with Crippen molar-refractivity contribution in [3.05, 3.63) is 64.9 Å². The maximum Gasteiger partial charge on any atom is 0.220 e. The van der Waals surface area contributed by atoms with Crippen LogP contribution < -0.4 is 10.2 Å². The van der Waals surface area contributed by atoms with Gasteiger partial charge in [0.2, 0.25) is 11.6 Å². The van der Waals surface area contributed by atoms with Gasteiger partial charge < -0.3 is 10.2 Å². The summed E-state index contributed by atoms with van der Waals surface area (Å²) in [4.78, 5) is 19.7. The summed E-state index contributed by atoms with van der Waals surface area (Å²) in [6, 6.07) is 15.6. The van der Waals surface area contributed by atoms with Crippen LogP contribution >= 0.6 is 11.6 Å². The van der Waals surface area contributed by atoms with E-state index >= 15 is 0 Å². The molecule has 2 aromatic heterocycles. The van der Waals surface area contributed by atoms with Gasteiger partial charge in [0.1, 0.15) is 5.82 Å². The summed E-state index contributed by atoms with van der Waals surface area (Å²) in [6.07, 6.45) is 4.38. The van der Waals surface area contributed by atoms with Crippen molar-refractivity contribution in [1.29, 1.82) is 0 Å². The minimum atomic E-state index is -0.0451. The highest BCUT2D eigenvalue weighted by atomic mass is 35.5. The molecule has 3 heterocycles. The topological polar surface area (TPSA) is 75.4 Å². The number of piperidine rings is 1. The lowest BCUT2D eigenvalue weighted by molar-refractivity contribution is -0.121. The van der Waals surface area contributed by atoms with Gasteiger partial charge in [0, 0.05) is 37.5 Å². The molecule has 7 nitrogen and oxygen atoms in total. The number of rotatable bonds is 6. The number of fused-ring (bicyclic) bond motifs is 3. The lowest BCUT2D eigenvalue weighted by Gasteiger charge is -2.28. The second-order valence-corrected chi connectivity index (χ2v) is 8.52. The predicted molar refractivity (Wildman–Crippen MR) is 126 cm³/mol. The van der Waals surface area contributed by atoms with Crippen LogP contribution in [0.5, 0.6) is 0 Å². The summed E-state index contributed by atoms with van der Waals surface area (Å²) in [5, 5.41) is 12.5. The zero-order chi connectivity index (χ0) is 21.9. The second-order valence-electron chi connectivity index (χ2n) is 8.12. The molecule has 0 aliphatic carbocycles. The quantitative estimate of drug-likeness (QED) is 0.479. The molecule has 0 unspecified atom stereocenters. The third kappa shape index (κ3) is 4.12. The molecule has 0 bridgehead atoms. The van der Waals surface area contributed by atoms with E-state index in [-0.39, 0.29) is 5.91 Å². The number of nitrogens with one attached hydrogen (secondary N) is 1. The molecule has 1 saturated heterocycles. The number of hydrogen-bond acceptors (Lipinski definition) is 5. The van der Waals surface area contributed by atoms with Crippen LogP contribution in [0.1, 0.15) is 37.1 Å². The lowest BCUT2D eigenvalue weighted by atomic mass is 10.1. The van der Waals surface area contributed by atoms with Crippen molar-refractivity contribution in [2.75, 3.05) is 18.0 Å². The van der Waals surface area contributed by atoms with Gasteiger partial charge >= 0.3 is 0 Å². The number of nitrogens with zero attached hydrogens (tertiary/aromatic N) is 5. The van der Waals surface area contributed by atoms with E-state index in [0.29, 0.717) is 24.4 Å². The number of anilines is 1. The van der Waals surface area contributed by atoms with E-state index in [0.717, 1.165) is 59.8 Å². The smallest absolute Gasteiger partial charge is 0.220 e. The van der Waals surface area contributed by atoms with Gasteiger partial charge in [0.25, 0.3) is 0 Å². The van der Waals surface area contributed by atoms with Crippen molar-refractivity contribution in [3.8, 4) is 0 Å². The minimum absolute atomic E-state index is 0.0451. The highest BCUT2D eigenvalue weighted by Crippen LogP contribution is 2.27. The second kappa shape index (κ2) is 9.12. The number of carbonyl (C=O) groups is 1. The first-order valence-corrected chi connectivity index (χ1v) is 11.5. The largest absolute Gasteiger partial charge is 0.353 e. The van der Waals surface area contributed by atoms with Gasteiger partial charge in [-0.05, 0) is 43.0 Å². The zero-order valence-corrected chi connectivity index (χ0v) is 18.6. The summed E-state index contributed by atoms with van der Waals surface area (Å²) in [5.74, 6) is 1.60. The summed E-state index contributed by atoms with van der Waals surface area (Å²) < 4.78 is 2.06. The van der Waals surface area contributed by atoms with Gasteiger partial charge in [0.15, 0.2) is 5.82 Å². The molecule has 1 fully saturated rings. The molecule has 0 atom stereocenters. The molecule has 164 valence electrons. The summed E-state index contributed by atoms with van der Waals surface area (Å²) in [6.45, 7) is 2.37. The number of carbonyl (C=O) groups excluding carboxylic acids is 1.